The molecule has 2 rings (SSSR count). The second kappa shape index (κ2) is 2.71. The van der Waals surface area contributed by atoms with Gasteiger partial charge in [0.1, 0.15) is 0 Å². The molecule has 3 N–H and O–H groups in total. The van der Waals surface area contributed by atoms with Crippen LogP contribution in [0.25, 0.3) is 0 Å². The summed E-state index contributed by atoms with van der Waals surface area (Å²) in [5.74, 6) is 0. The molecule has 0 bridgehead atoms. The van der Waals surface area contributed by atoms with E-state index in [1.807, 2.05) is 0 Å². The number of nitrogens with one attached hydrogen (secondary N) is 3. The summed E-state index contributed by atoms with van der Waals surface area (Å²) >= 11 is 0. The molecule has 1 fully saturated rings. The van der Waals surface area contributed by atoms with E-state index in [9.17, 15) is 0 Å². The molecule has 1 atom stereocenters. The maximum absolute atomic E-state index is 3.37. The highest BCUT2D eigenvalue weighted by molar-refractivity contribution is 5.13. The molecule has 62 valence electrons. The van der Waals surface area contributed by atoms with Crippen LogP contribution in [0.5, 0.6) is 0 Å². The predicted octanol–water partition coefficient (Wildman–Crippen LogP) is -1.16. The average Bonchev–Trinajstić information content (AvgIpc) is 2.06. The number of nitrogens with zero attached hydrogens (tertiary/aromatic N) is 1. The molecule has 1 unspecified atom stereocenters. The van der Waals surface area contributed by atoms with Crippen LogP contribution in [0.1, 0.15) is 0 Å². The van der Waals surface area contributed by atoms with Crippen molar-refractivity contribution in [3.05, 3.63) is 11.9 Å². The van der Waals surface area contributed by atoms with E-state index in [2.05, 4.69) is 34.1 Å². The zero-order valence-electron chi connectivity index (χ0n) is 6.72. The summed E-state index contributed by atoms with van der Waals surface area (Å²) in [5, 5.41) is 9.87. The van der Waals surface area contributed by atoms with Gasteiger partial charge < -0.3 is 10.2 Å². The van der Waals surface area contributed by atoms with Crippen molar-refractivity contribution in [1.29, 1.82) is 0 Å². The first kappa shape index (κ1) is 6.94. The zero-order chi connectivity index (χ0) is 7.68. The SMILES string of the molecule is CN1CNCC2NCNC=C21. The molecule has 0 radical (unpaired) electrons. The number of hydrogen-bond acceptors (Lipinski definition) is 4. The van der Waals surface area contributed by atoms with Gasteiger partial charge in [-0.05, 0) is 0 Å². The lowest BCUT2D eigenvalue weighted by molar-refractivity contribution is 0.267. The summed E-state index contributed by atoms with van der Waals surface area (Å²) in [7, 11) is 2.10. The molecule has 2 aliphatic heterocycles. The van der Waals surface area contributed by atoms with Crippen molar-refractivity contribution in [3.8, 4) is 0 Å². The highest BCUT2D eigenvalue weighted by atomic mass is 15.3. The van der Waals surface area contributed by atoms with Gasteiger partial charge in [0.15, 0.2) is 0 Å². The van der Waals surface area contributed by atoms with E-state index >= 15 is 0 Å². The van der Waals surface area contributed by atoms with Gasteiger partial charge in [-0.3, -0.25) is 10.6 Å². The van der Waals surface area contributed by atoms with Crippen molar-refractivity contribution >= 4 is 0 Å². The van der Waals surface area contributed by atoms with Crippen molar-refractivity contribution in [2.75, 3.05) is 26.9 Å². The highest BCUT2D eigenvalue weighted by Gasteiger charge is 2.23. The molecule has 0 amide bonds. The van der Waals surface area contributed by atoms with Crippen LogP contribution in [0, 0.1) is 0 Å². The summed E-state index contributed by atoms with van der Waals surface area (Å²) in [6, 6.07) is 0.495. The fourth-order valence-electron chi connectivity index (χ4n) is 1.56. The summed E-state index contributed by atoms with van der Waals surface area (Å²) < 4.78 is 0. The maximum atomic E-state index is 3.37. The average molecular weight is 154 g/mol. The monoisotopic (exact) mass is 154 g/mol. The molecular weight excluding hydrogens is 140 g/mol. The van der Waals surface area contributed by atoms with E-state index in [0.29, 0.717) is 6.04 Å². The molecule has 0 saturated carbocycles. The summed E-state index contributed by atoms with van der Waals surface area (Å²) in [5.41, 5.74) is 1.36. The quantitative estimate of drug-likeness (QED) is 0.411. The molecule has 0 aromatic carbocycles. The normalized spacial score (nSPS) is 30.5. The fraction of sp³-hybridized carbons (Fsp3) is 0.714. The Morgan fingerprint density at radius 3 is 3.36 bits per heavy atom. The number of fused-ring (bicyclic) bond motifs is 1. The van der Waals surface area contributed by atoms with E-state index < -0.39 is 0 Å². The lowest BCUT2D eigenvalue weighted by Crippen LogP contribution is -2.56. The van der Waals surface area contributed by atoms with Crippen LogP contribution < -0.4 is 16.0 Å². The first-order chi connectivity index (χ1) is 5.38. The van der Waals surface area contributed by atoms with Crippen LogP contribution >= 0.6 is 0 Å². The summed E-state index contributed by atoms with van der Waals surface area (Å²) in [6.45, 7) is 2.87. The summed E-state index contributed by atoms with van der Waals surface area (Å²) in [4.78, 5) is 2.22. The van der Waals surface area contributed by atoms with Crippen LogP contribution in [-0.2, 0) is 0 Å². The van der Waals surface area contributed by atoms with Gasteiger partial charge in [0, 0.05) is 25.5 Å². The third kappa shape index (κ3) is 1.19. The predicted molar refractivity (Wildman–Crippen MR) is 43.6 cm³/mol. The van der Waals surface area contributed by atoms with E-state index in [1.54, 1.807) is 0 Å². The van der Waals surface area contributed by atoms with Gasteiger partial charge >= 0.3 is 0 Å². The van der Waals surface area contributed by atoms with Gasteiger partial charge in [-0.25, -0.2) is 0 Å². The van der Waals surface area contributed by atoms with E-state index in [4.69, 9.17) is 0 Å². The van der Waals surface area contributed by atoms with Gasteiger partial charge in [0.2, 0.25) is 0 Å². The second-order valence-corrected chi connectivity index (χ2v) is 3.02. The molecule has 1 saturated heterocycles. The van der Waals surface area contributed by atoms with Crippen LogP contribution in [0.2, 0.25) is 0 Å². The molecular formula is C7H14N4. The van der Waals surface area contributed by atoms with E-state index in [1.165, 1.54) is 5.70 Å². The number of likely N-dealkylation sites (N-methyl/N-ethyl adjacent to an activating group) is 1. The van der Waals surface area contributed by atoms with Crippen molar-refractivity contribution in [1.82, 2.24) is 20.9 Å². The molecule has 2 heterocycles. The second-order valence-electron chi connectivity index (χ2n) is 3.02. The third-order valence-electron chi connectivity index (χ3n) is 2.20. The van der Waals surface area contributed by atoms with Gasteiger partial charge in [0.25, 0.3) is 0 Å². The molecule has 0 aliphatic carbocycles. The Hall–Kier alpha value is -0.740. The summed E-state index contributed by atoms with van der Waals surface area (Å²) in [6.07, 6.45) is 2.10. The van der Waals surface area contributed by atoms with Crippen LogP contribution in [-0.4, -0.2) is 37.9 Å². The highest BCUT2D eigenvalue weighted by Crippen LogP contribution is 2.10. The minimum absolute atomic E-state index is 0.495. The van der Waals surface area contributed by atoms with Crippen LogP contribution in [0.15, 0.2) is 11.9 Å². The van der Waals surface area contributed by atoms with Crippen molar-refractivity contribution in [3.63, 3.8) is 0 Å². The minimum atomic E-state index is 0.495. The topological polar surface area (TPSA) is 39.3 Å². The van der Waals surface area contributed by atoms with E-state index in [0.717, 1.165) is 19.9 Å². The van der Waals surface area contributed by atoms with Gasteiger partial charge in [-0.1, -0.05) is 0 Å². The van der Waals surface area contributed by atoms with Gasteiger partial charge in [-0.2, -0.15) is 0 Å². The Morgan fingerprint density at radius 2 is 2.55 bits per heavy atom. The maximum Gasteiger partial charge on any atom is 0.0677 e. The lowest BCUT2D eigenvalue weighted by atomic mass is 10.1. The van der Waals surface area contributed by atoms with Crippen molar-refractivity contribution in [2.24, 2.45) is 0 Å². The molecule has 2 aliphatic rings. The minimum Gasteiger partial charge on any atom is -0.377 e. The van der Waals surface area contributed by atoms with Gasteiger partial charge in [-0.15, -0.1) is 0 Å². The third-order valence-corrected chi connectivity index (χ3v) is 2.20. The van der Waals surface area contributed by atoms with Crippen LogP contribution in [0.4, 0.5) is 0 Å². The molecule has 4 nitrogen and oxygen atoms in total. The zero-order valence-corrected chi connectivity index (χ0v) is 6.72. The lowest BCUT2D eigenvalue weighted by Gasteiger charge is -2.37. The molecule has 11 heavy (non-hydrogen) atoms. The smallest absolute Gasteiger partial charge is 0.0677 e. The van der Waals surface area contributed by atoms with E-state index in [-0.39, 0.29) is 0 Å². The fourth-order valence-corrected chi connectivity index (χ4v) is 1.56. The molecule has 0 aromatic rings. The molecule has 4 heteroatoms. The standard InChI is InChI=1S/C7H14N4/c1-11-5-9-2-6-7(11)3-8-4-10-6/h3,6,8-10H,2,4-5H2,1H3. The largest absolute Gasteiger partial charge is 0.377 e. The van der Waals surface area contributed by atoms with Crippen molar-refractivity contribution < 1.29 is 0 Å². The Bertz CT molecular complexity index is 177. The number of hydrogen-bond donors (Lipinski definition) is 3. The Balaban J connectivity index is 2.14. The Morgan fingerprint density at radius 1 is 1.64 bits per heavy atom. The number of rotatable bonds is 0. The Labute approximate surface area is 66.6 Å². The first-order valence-corrected chi connectivity index (χ1v) is 3.96. The first-order valence-electron chi connectivity index (χ1n) is 3.96. The molecule has 0 spiro atoms. The molecule has 0 aromatic heterocycles. The van der Waals surface area contributed by atoms with Crippen LogP contribution in [0.3, 0.4) is 0 Å². The van der Waals surface area contributed by atoms with Crippen molar-refractivity contribution in [2.45, 2.75) is 6.04 Å². The van der Waals surface area contributed by atoms with Gasteiger partial charge in [0.05, 0.1) is 19.4 Å². The Kier molecular flexibility index (Phi) is 1.71.